The molecule has 1 saturated heterocycles. The summed E-state index contributed by atoms with van der Waals surface area (Å²) in [6, 6.07) is 61.0. The zero-order valence-corrected chi connectivity index (χ0v) is 60.8. The van der Waals surface area contributed by atoms with Crippen LogP contribution in [0.25, 0.3) is 33.4 Å². The van der Waals surface area contributed by atoms with Crippen molar-refractivity contribution in [3.8, 4) is 33.4 Å². The van der Waals surface area contributed by atoms with E-state index >= 15 is 0 Å². The number of benzene rings is 6. The Hall–Kier alpha value is -9.07. The van der Waals surface area contributed by atoms with Gasteiger partial charge in [-0.05, 0) is 207 Å². The van der Waals surface area contributed by atoms with Gasteiger partial charge in [-0.15, -0.1) is 0 Å². The minimum Gasteiger partial charge on any atom is -0.469 e. The van der Waals surface area contributed by atoms with Crippen molar-refractivity contribution < 1.29 is 33.4 Å². The Kier molecular flexibility index (Phi) is 32.0. The van der Waals surface area contributed by atoms with Gasteiger partial charge in [0.15, 0.2) is 0 Å². The fourth-order valence-corrected chi connectivity index (χ4v) is 14.9. The van der Waals surface area contributed by atoms with Crippen molar-refractivity contribution in [1.82, 2.24) is 31.2 Å². The number of piperidine rings is 1. The number of nitrogens with zero attached hydrogens (tertiary/aromatic N) is 2. The average molecular weight is 1380 g/mol. The number of pyridine rings is 2. The topological polar surface area (TPSA) is 178 Å². The zero-order chi connectivity index (χ0) is 71.5. The molecular weight excluding hydrogens is 1270 g/mol. The molecule has 2 aromatic heterocycles. The standard InChI is InChI=1S/C33H40N2O3.C32H38N2O3.C24H32N2O/c1-38-33(37)30(16-8-14-25-10-4-2-5-11-25)31(22-17-26-12-6-3-7-13-26)35-32(36)28-20-18-27(19-21-28)29-15-9-23-34-24-29;1-37-32(36)29(20-14-24-9-4-2-5-10-24)30(21-15-25-11-6-3-7-12-25)34-31(35)27-18-16-26(17-19-27)28-13-8-22-33-23-28;1-18(10-11-20-7-6-16-25-17-20)19(2)26-24(27)23-14-12-22(13-15-23)21-8-4-3-5-9-21/h3,6-7,9,12-13,15,18-21,23-25,30-31H,2,4-5,8,10-11,14,16-17,22H2,1H3,(H,35,36);3,6-8,11-13,16-19,22-24,29-30H,2,4-5,9-10,14-15,20-21H2,1H3,(H,34,35);3-5,8-9,12-15,18-20,25H,6-7,10-11,16-17H2,1-2H3,(H,26,27)/t30-,31-;29-,30-;/m11./s1. The molecule has 3 heterocycles. The molecule has 8 aromatic rings. The van der Waals surface area contributed by atoms with E-state index in [2.05, 4.69) is 81.5 Å². The first-order valence-electron chi connectivity index (χ1n) is 37.9. The Morgan fingerprint density at radius 3 is 1.24 bits per heavy atom. The van der Waals surface area contributed by atoms with Crippen molar-refractivity contribution in [2.75, 3.05) is 27.3 Å². The van der Waals surface area contributed by atoms with Crippen LogP contribution in [0.4, 0.5) is 0 Å². The van der Waals surface area contributed by atoms with Gasteiger partial charge in [0.2, 0.25) is 0 Å². The summed E-state index contributed by atoms with van der Waals surface area (Å²) in [5.74, 6) is 1.19. The van der Waals surface area contributed by atoms with Gasteiger partial charge in [0, 0.05) is 59.6 Å². The smallest absolute Gasteiger partial charge is 0.310 e. The number of nitrogens with one attached hydrogen (secondary N) is 4. The van der Waals surface area contributed by atoms with Gasteiger partial charge in [-0.1, -0.05) is 224 Å². The van der Waals surface area contributed by atoms with Crippen LogP contribution in [-0.4, -0.2) is 85.1 Å². The second-order valence-electron chi connectivity index (χ2n) is 28.6. The minimum absolute atomic E-state index is 0.0216. The predicted molar refractivity (Wildman–Crippen MR) is 411 cm³/mol. The van der Waals surface area contributed by atoms with Crippen LogP contribution in [0, 0.1) is 35.5 Å². The Morgan fingerprint density at radius 1 is 0.412 bits per heavy atom. The minimum atomic E-state index is -0.370. The number of ether oxygens (including phenoxy) is 2. The lowest BCUT2D eigenvalue weighted by Gasteiger charge is -2.29. The third kappa shape index (κ3) is 25.2. The van der Waals surface area contributed by atoms with Gasteiger partial charge in [-0.25, -0.2) is 0 Å². The van der Waals surface area contributed by atoms with Crippen molar-refractivity contribution in [1.29, 1.82) is 0 Å². The number of carbonyl (C=O) groups is 5. The predicted octanol–water partition coefficient (Wildman–Crippen LogP) is 18.5. The molecule has 7 atom stereocenters. The molecular formula is C89H110N6O7. The van der Waals surface area contributed by atoms with E-state index < -0.39 is 0 Å². The van der Waals surface area contributed by atoms with Crippen molar-refractivity contribution in [2.45, 2.75) is 180 Å². The lowest BCUT2D eigenvalue weighted by molar-refractivity contribution is -0.147. The highest BCUT2D eigenvalue weighted by molar-refractivity contribution is 5.96. The average Bonchev–Trinajstić information content (AvgIpc) is 0.860. The van der Waals surface area contributed by atoms with Crippen molar-refractivity contribution in [2.24, 2.45) is 35.5 Å². The van der Waals surface area contributed by atoms with Crippen molar-refractivity contribution in [3.63, 3.8) is 0 Å². The maximum absolute atomic E-state index is 13.4. The maximum atomic E-state index is 13.4. The van der Waals surface area contributed by atoms with Crippen LogP contribution < -0.4 is 21.3 Å². The second kappa shape index (κ2) is 42.4. The molecule has 6 aromatic carbocycles. The van der Waals surface area contributed by atoms with E-state index in [1.165, 1.54) is 127 Å². The monoisotopic (exact) mass is 1370 g/mol. The van der Waals surface area contributed by atoms with Gasteiger partial charge >= 0.3 is 11.9 Å². The maximum Gasteiger partial charge on any atom is 0.310 e. The molecule has 13 nitrogen and oxygen atoms in total. The molecule has 2 saturated carbocycles. The van der Waals surface area contributed by atoms with E-state index in [9.17, 15) is 24.0 Å². The number of methoxy groups -OCH3 is 2. The molecule has 3 unspecified atom stereocenters. The number of aryl methyl sites for hydroxylation is 2. The van der Waals surface area contributed by atoms with Gasteiger partial charge in [0.1, 0.15) is 0 Å². The van der Waals surface area contributed by atoms with Crippen LogP contribution in [0.1, 0.15) is 191 Å². The van der Waals surface area contributed by atoms with Crippen LogP contribution in [0.3, 0.4) is 0 Å². The molecule has 2 aliphatic carbocycles. The third-order valence-electron chi connectivity index (χ3n) is 21.4. The number of hydrogen-bond donors (Lipinski definition) is 4. The summed E-state index contributed by atoms with van der Waals surface area (Å²) >= 11 is 0. The van der Waals surface area contributed by atoms with Crippen LogP contribution in [0.5, 0.6) is 0 Å². The van der Waals surface area contributed by atoms with E-state index in [-0.39, 0.29) is 59.6 Å². The van der Waals surface area contributed by atoms with Gasteiger partial charge in [-0.3, -0.25) is 33.9 Å². The van der Waals surface area contributed by atoms with E-state index in [1.807, 2.05) is 164 Å². The molecule has 3 fully saturated rings. The van der Waals surface area contributed by atoms with Crippen LogP contribution in [0.15, 0.2) is 213 Å². The molecule has 0 radical (unpaired) electrons. The molecule has 538 valence electrons. The van der Waals surface area contributed by atoms with Crippen molar-refractivity contribution >= 4 is 29.7 Å². The van der Waals surface area contributed by atoms with Crippen LogP contribution in [0.2, 0.25) is 0 Å². The number of aromatic nitrogens is 2. The molecule has 0 bridgehead atoms. The summed E-state index contributed by atoms with van der Waals surface area (Å²) in [7, 11) is 2.90. The van der Waals surface area contributed by atoms with Crippen LogP contribution in [-0.2, 0) is 31.9 Å². The molecule has 4 N–H and O–H groups in total. The first kappa shape index (κ1) is 77.1. The lowest BCUT2D eigenvalue weighted by Crippen LogP contribution is -2.44. The zero-order valence-electron chi connectivity index (χ0n) is 60.8. The number of esters is 2. The van der Waals surface area contributed by atoms with Gasteiger partial charge < -0.3 is 30.7 Å². The fraction of sp³-hybridized carbons (Fsp3) is 0.427. The largest absolute Gasteiger partial charge is 0.469 e. The lowest BCUT2D eigenvalue weighted by atomic mass is 9.81. The van der Waals surface area contributed by atoms with Crippen LogP contribution >= 0.6 is 0 Å². The number of amides is 3. The molecule has 13 heteroatoms. The van der Waals surface area contributed by atoms with E-state index in [0.717, 1.165) is 96.7 Å². The number of carbonyl (C=O) groups excluding carboxylic acids is 5. The summed E-state index contributed by atoms with van der Waals surface area (Å²) in [4.78, 5) is 73.6. The number of hydrogen-bond acceptors (Lipinski definition) is 10. The molecule has 3 aliphatic rings. The Labute approximate surface area is 607 Å². The molecule has 1 aliphatic heterocycles. The van der Waals surface area contributed by atoms with E-state index in [0.29, 0.717) is 35.8 Å². The second-order valence-corrected chi connectivity index (χ2v) is 28.6. The highest BCUT2D eigenvalue weighted by Gasteiger charge is 2.33. The summed E-state index contributed by atoms with van der Waals surface area (Å²) in [5, 5.41) is 13.1. The summed E-state index contributed by atoms with van der Waals surface area (Å²) in [6.45, 7) is 6.70. The molecule has 11 rings (SSSR count). The molecule has 3 amide bonds. The fourth-order valence-electron chi connectivity index (χ4n) is 14.9. The van der Waals surface area contributed by atoms with E-state index in [4.69, 9.17) is 9.47 Å². The Balaban J connectivity index is 0.000000181. The van der Waals surface area contributed by atoms with E-state index in [1.54, 1.807) is 12.4 Å². The highest BCUT2D eigenvalue weighted by Crippen LogP contribution is 2.33. The first-order valence-corrected chi connectivity index (χ1v) is 37.9. The molecule has 0 spiro atoms. The molecule has 102 heavy (non-hydrogen) atoms. The Bertz CT molecular complexity index is 3710. The highest BCUT2D eigenvalue weighted by atomic mass is 16.5. The summed E-state index contributed by atoms with van der Waals surface area (Å²) in [5.41, 5.74) is 10.6. The SMILES string of the molecule is CC(CCC1CCCNC1)C(C)NC(=O)c1ccc(-c2ccccc2)cc1.COC(=O)[C@H](CCC1CCCCC1)[C@@H](CCc1ccccc1)NC(=O)c1ccc(-c2cccnc2)cc1.COC(=O)[C@H](CCCC1CCCCC1)[C@@H](CCc1ccccc1)NC(=O)c1ccc(-c2cccnc2)cc1. The summed E-state index contributed by atoms with van der Waals surface area (Å²) < 4.78 is 10.5. The Morgan fingerprint density at radius 2 is 0.804 bits per heavy atom. The van der Waals surface area contributed by atoms with Gasteiger partial charge in [0.05, 0.1) is 26.1 Å². The van der Waals surface area contributed by atoms with Gasteiger partial charge in [-0.2, -0.15) is 0 Å². The third-order valence-corrected chi connectivity index (χ3v) is 21.4. The number of rotatable bonds is 30. The normalized spacial score (nSPS) is 16.5. The summed E-state index contributed by atoms with van der Waals surface area (Å²) in [6.07, 6.45) is 32.5. The first-order chi connectivity index (χ1) is 49.9. The van der Waals surface area contributed by atoms with Crippen molar-refractivity contribution in [3.05, 3.63) is 241 Å². The quantitative estimate of drug-likeness (QED) is 0.0317. The van der Waals surface area contributed by atoms with Gasteiger partial charge in [0.25, 0.3) is 17.7 Å².